The predicted octanol–water partition coefficient (Wildman–Crippen LogP) is 5.38. The Bertz CT molecular complexity index is 1080. The molecule has 0 saturated carbocycles. The maximum absolute atomic E-state index is 14.2. The number of fused-ring (bicyclic) bond motifs is 1. The molecule has 0 saturated heterocycles. The van der Waals surface area contributed by atoms with Crippen LogP contribution in [0.25, 0.3) is 10.2 Å². The summed E-state index contributed by atoms with van der Waals surface area (Å²) in [4.78, 5) is 13.9. The van der Waals surface area contributed by atoms with E-state index in [0.29, 0.717) is 17.8 Å². The molecule has 2 aromatic carbocycles. The Balaban J connectivity index is 1.66. The van der Waals surface area contributed by atoms with Gasteiger partial charge in [-0.05, 0) is 36.1 Å². The third kappa shape index (κ3) is 3.51. The molecule has 0 unspecified atom stereocenters. The first kappa shape index (κ1) is 17.5. The van der Waals surface area contributed by atoms with Crippen molar-refractivity contribution in [3.05, 3.63) is 94.7 Å². The molecule has 27 heavy (non-hydrogen) atoms. The molecular weight excluding hydrogens is 359 g/mol. The molecule has 0 bridgehead atoms. The van der Waals surface area contributed by atoms with Gasteiger partial charge < -0.3 is 9.88 Å². The van der Waals surface area contributed by atoms with E-state index in [1.165, 1.54) is 6.07 Å². The Labute approximate surface area is 161 Å². The van der Waals surface area contributed by atoms with E-state index in [1.807, 2.05) is 65.4 Å². The first-order chi connectivity index (χ1) is 13.1. The lowest BCUT2D eigenvalue weighted by Crippen LogP contribution is -2.28. The largest absolute Gasteiger partial charge is 0.344 e. The van der Waals surface area contributed by atoms with Gasteiger partial charge in [-0.25, -0.2) is 4.39 Å². The molecule has 1 atom stereocenters. The van der Waals surface area contributed by atoms with E-state index in [2.05, 4.69) is 5.32 Å². The average Bonchev–Trinajstić information content (AvgIpc) is 3.27. The van der Waals surface area contributed by atoms with Crippen molar-refractivity contribution in [2.75, 3.05) is 0 Å². The van der Waals surface area contributed by atoms with Crippen molar-refractivity contribution in [3.8, 4) is 0 Å². The number of hydrogen-bond acceptors (Lipinski definition) is 2. The number of nitrogens with zero attached hydrogens (tertiary/aromatic N) is 1. The lowest BCUT2D eigenvalue weighted by molar-refractivity contribution is 0.0931. The summed E-state index contributed by atoms with van der Waals surface area (Å²) in [7, 11) is 0. The van der Waals surface area contributed by atoms with Gasteiger partial charge in [0.2, 0.25) is 0 Å². The summed E-state index contributed by atoms with van der Waals surface area (Å²) in [6, 6.07) is 20.3. The molecule has 136 valence electrons. The van der Waals surface area contributed by atoms with E-state index in [9.17, 15) is 9.18 Å². The summed E-state index contributed by atoms with van der Waals surface area (Å²) >= 11 is 1.55. The van der Waals surface area contributed by atoms with E-state index < -0.39 is 0 Å². The molecule has 1 amide bonds. The second-order valence-corrected chi connectivity index (χ2v) is 7.39. The number of thiophene rings is 1. The van der Waals surface area contributed by atoms with Crippen molar-refractivity contribution in [1.82, 2.24) is 9.88 Å². The smallest absolute Gasteiger partial charge is 0.268 e. The number of carbonyl (C=O) groups excluding carboxylic acids is 1. The highest BCUT2D eigenvalue weighted by atomic mass is 32.1. The molecule has 0 aliphatic carbocycles. The fourth-order valence-corrected chi connectivity index (χ4v) is 4.11. The zero-order valence-corrected chi connectivity index (χ0v) is 15.7. The van der Waals surface area contributed by atoms with Gasteiger partial charge >= 0.3 is 0 Å². The number of amides is 1. The Morgan fingerprint density at radius 3 is 2.63 bits per heavy atom. The van der Waals surface area contributed by atoms with Crippen LogP contribution in [0.5, 0.6) is 0 Å². The van der Waals surface area contributed by atoms with Gasteiger partial charge in [0.1, 0.15) is 16.3 Å². The first-order valence-corrected chi connectivity index (χ1v) is 9.67. The van der Waals surface area contributed by atoms with Crippen LogP contribution in [0.15, 0.2) is 72.1 Å². The minimum Gasteiger partial charge on any atom is -0.344 e. The Morgan fingerprint density at radius 2 is 1.85 bits per heavy atom. The molecule has 0 fully saturated rings. The number of halogens is 1. The van der Waals surface area contributed by atoms with Crippen LogP contribution in [-0.4, -0.2) is 10.5 Å². The summed E-state index contributed by atoms with van der Waals surface area (Å²) in [5, 5.41) is 6.03. The van der Waals surface area contributed by atoms with Crippen LogP contribution in [0, 0.1) is 5.82 Å². The Morgan fingerprint density at radius 1 is 1.11 bits per heavy atom. The number of rotatable bonds is 5. The van der Waals surface area contributed by atoms with Crippen molar-refractivity contribution in [2.24, 2.45) is 0 Å². The van der Waals surface area contributed by atoms with Crippen LogP contribution in [0.3, 0.4) is 0 Å². The summed E-state index contributed by atoms with van der Waals surface area (Å²) in [5.41, 5.74) is 2.15. The normalized spacial score (nSPS) is 12.2. The Kier molecular flexibility index (Phi) is 4.77. The maximum Gasteiger partial charge on any atom is 0.268 e. The number of aromatic nitrogens is 1. The van der Waals surface area contributed by atoms with E-state index in [0.717, 1.165) is 15.8 Å². The van der Waals surface area contributed by atoms with Crippen LogP contribution < -0.4 is 5.32 Å². The van der Waals surface area contributed by atoms with E-state index >= 15 is 0 Å². The summed E-state index contributed by atoms with van der Waals surface area (Å²) in [6.45, 7) is 2.28. The van der Waals surface area contributed by atoms with Crippen molar-refractivity contribution < 1.29 is 9.18 Å². The lowest BCUT2D eigenvalue weighted by Gasteiger charge is -2.16. The predicted molar refractivity (Wildman–Crippen MR) is 108 cm³/mol. The van der Waals surface area contributed by atoms with Crippen LogP contribution >= 0.6 is 11.3 Å². The van der Waals surface area contributed by atoms with E-state index in [4.69, 9.17) is 0 Å². The lowest BCUT2D eigenvalue weighted by atomic mass is 10.1. The topological polar surface area (TPSA) is 34.0 Å². The SMILES string of the molecule is C[C@@H](NC(=O)c1cc2ccsc2n1Cc1ccccc1F)c1ccccc1. The van der Waals surface area contributed by atoms with Crippen LogP contribution in [0.1, 0.15) is 34.6 Å². The van der Waals surface area contributed by atoms with E-state index in [-0.39, 0.29) is 17.8 Å². The highest BCUT2D eigenvalue weighted by molar-refractivity contribution is 7.16. The van der Waals surface area contributed by atoms with Gasteiger partial charge in [0.15, 0.2) is 0 Å². The number of carbonyl (C=O) groups is 1. The summed E-state index contributed by atoms with van der Waals surface area (Å²) < 4.78 is 16.1. The van der Waals surface area contributed by atoms with Crippen LogP contribution in [0.2, 0.25) is 0 Å². The standard InChI is InChI=1S/C22H19FN2OS/c1-15(16-7-3-2-4-8-16)24-21(26)20-13-17-11-12-27-22(17)25(20)14-18-9-5-6-10-19(18)23/h2-13,15H,14H2,1H3,(H,24,26)/t15-/m1/s1. The van der Waals surface area contributed by atoms with Gasteiger partial charge in [-0.15, -0.1) is 11.3 Å². The molecule has 2 heterocycles. The van der Waals surface area contributed by atoms with Crippen molar-refractivity contribution in [1.29, 1.82) is 0 Å². The summed E-state index contributed by atoms with van der Waals surface area (Å²) in [5.74, 6) is -0.425. The molecule has 0 aliphatic heterocycles. The monoisotopic (exact) mass is 378 g/mol. The second kappa shape index (κ2) is 7.37. The zero-order valence-electron chi connectivity index (χ0n) is 14.9. The van der Waals surface area contributed by atoms with Gasteiger partial charge in [-0.1, -0.05) is 48.5 Å². The quantitative estimate of drug-likeness (QED) is 0.497. The third-order valence-corrected chi connectivity index (χ3v) is 5.62. The third-order valence-electron chi connectivity index (χ3n) is 4.67. The number of nitrogens with one attached hydrogen (secondary N) is 1. The van der Waals surface area contributed by atoms with E-state index in [1.54, 1.807) is 23.5 Å². The molecule has 3 nitrogen and oxygen atoms in total. The second-order valence-electron chi connectivity index (χ2n) is 6.49. The molecule has 0 aliphatic rings. The van der Waals surface area contributed by atoms with Crippen molar-refractivity contribution in [3.63, 3.8) is 0 Å². The highest BCUT2D eigenvalue weighted by Crippen LogP contribution is 2.27. The molecule has 0 radical (unpaired) electrons. The van der Waals surface area contributed by atoms with Crippen LogP contribution in [-0.2, 0) is 6.54 Å². The number of hydrogen-bond donors (Lipinski definition) is 1. The Hall–Kier alpha value is -2.92. The van der Waals surface area contributed by atoms with Crippen molar-refractivity contribution >= 4 is 27.5 Å². The van der Waals surface area contributed by atoms with Gasteiger partial charge in [0.25, 0.3) is 5.91 Å². The zero-order chi connectivity index (χ0) is 18.8. The average molecular weight is 378 g/mol. The van der Waals surface area contributed by atoms with Crippen LogP contribution in [0.4, 0.5) is 4.39 Å². The first-order valence-electron chi connectivity index (χ1n) is 8.79. The molecule has 5 heteroatoms. The van der Waals surface area contributed by atoms with Gasteiger partial charge in [-0.2, -0.15) is 0 Å². The molecule has 0 spiro atoms. The molecule has 1 N–H and O–H groups in total. The fraction of sp³-hybridized carbons (Fsp3) is 0.136. The van der Waals surface area contributed by atoms with Gasteiger partial charge in [0.05, 0.1) is 12.6 Å². The fourth-order valence-electron chi connectivity index (χ4n) is 3.21. The highest BCUT2D eigenvalue weighted by Gasteiger charge is 2.19. The van der Waals surface area contributed by atoms with Crippen molar-refractivity contribution in [2.45, 2.75) is 19.5 Å². The minimum absolute atomic E-state index is 0.117. The van der Waals surface area contributed by atoms with Gasteiger partial charge in [0, 0.05) is 10.9 Å². The maximum atomic E-state index is 14.2. The van der Waals surface area contributed by atoms with Gasteiger partial charge in [-0.3, -0.25) is 4.79 Å². The number of benzene rings is 2. The molecule has 4 rings (SSSR count). The molecule has 4 aromatic rings. The molecule has 2 aromatic heterocycles. The summed E-state index contributed by atoms with van der Waals surface area (Å²) in [6.07, 6.45) is 0. The molecular formula is C22H19FN2OS. The minimum atomic E-state index is -0.264.